The summed E-state index contributed by atoms with van der Waals surface area (Å²) in [5.41, 5.74) is 2.17. The molecule has 2 heterocycles. The van der Waals surface area contributed by atoms with Gasteiger partial charge in [-0.3, -0.25) is 4.31 Å². The summed E-state index contributed by atoms with van der Waals surface area (Å²) in [4.78, 5) is 0. The van der Waals surface area contributed by atoms with E-state index in [1.165, 1.54) is 10.5 Å². The predicted molar refractivity (Wildman–Crippen MR) is 53.2 cm³/mol. The topological polar surface area (TPSA) is 75.4 Å². The van der Waals surface area contributed by atoms with Crippen LogP contribution in [0.1, 0.15) is 12.8 Å². The van der Waals surface area contributed by atoms with E-state index >= 15 is 0 Å². The molecule has 0 aliphatic carbocycles. The Hall–Kier alpha value is -1.01. The largest absolute Gasteiger partial charge is 0.385 e. The summed E-state index contributed by atoms with van der Waals surface area (Å²) in [6, 6.07) is 0. The van der Waals surface area contributed by atoms with Crippen molar-refractivity contribution in [3.63, 3.8) is 0 Å². The number of rotatable bonds is 1. The zero-order valence-corrected chi connectivity index (χ0v) is 8.55. The van der Waals surface area contributed by atoms with Crippen LogP contribution in [-0.2, 0) is 10.2 Å². The third-order valence-corrected chi connectivity index (χ3v) is 3.34. The maximum absolute atomic E-state index is 11.1. The smallest absolute Gasteiger partial charge is 0.298 e. The van der Waals surface area contributed by atoms with Crippen molar-refractivity contribution in [1.82, 2.24) is 9.62 Å². The van der Waals surface area contributed by atoms with Gasteiger partial charge in [0.25, 0.3) is 10.2 Å². The second kappa shape index (κ2) is 3.29. The Balaban J connectivity index is 2.22. The summed E-state index contributed by atoms with van der Waals surface area (Å²) in [6.07, 6.45) is 5.26. The van der Waals surface area contributed by atoms with E-state index in [0.717, 1.165) is 30.7 Å². The Kier molecular flexibility index (Phi) is 2.24. The van der Waals surface area contributed by atoms with Crippen molar-refractivity contribution in [1.29, 1.82) is 0 Å². The second-order valence-electron chi connectivity index (χ2n) is 3.45. The van der Waals surface area contributed by atoms with Crippen LogP contribution in [-0.4, -0.2) is 25.8 Å². The van der Waals surface area contributed by atoms with Gasteiger partial charge >= 0.3 is 0 Å². The molecule has 0 saturated carbocycles. The molecule has 2 aliphatic rings. The molecule has 3 N–H and O–H groups in total. The lowest BCUT2D eigenvalue weighted by Crippen LogP contribution is -2.38. The van der Waals surface area contributed by atoms with E-state index < -0.39 is 10.2 Å². The number of hydrogen-bond donors (Lipinski definition) is 2. The third-order valence-electron chi connectivity index (χ3n) is 2.43. The van der Waals surface area contributed by atoms with Crippen LogP contribution < -0.4 is 10.5 Å². The fourth-order valence-electron chi connectivity index (χ4n) is 1.70. The zero-order chi connectivity index (χ0) is 10.2. The van der Waals surface area contributed by atoms with E-state index in [9.17, 15) is 8.42 Å². The van der Waals surface area contributed by atoms with Gasteiger partial charge in [0.05, 0.1) is 6.54 Å². The summed E-state index contributed by atoms with van der Waals surface area (Å²) in [6.45, 7) is 1.34. The molecular formula is C8H13N3O2S. The van der Waals surface area contributed by atoms with Gasteiger partial charge in [0.1, 0.15) is 0 Å². The lowest BCUT2D eigenvalue weighted by Gasteiger charge is -2.28. The van der Waals surface area contributed by atoms with Crippen molar-refractivity contribution in [2.24, 2.45) is 5.14 Å². The van der Waals surface area contributed by atoms with E-state index in [1.54, 1.807) is 6.08 Å². The Morgan fingerprint density at radius 3 is 3.00 bits per heavy atom. The first-order chi connectivity index (χ1) is 6.57. The maximum Gasteiger partial charge on any atom is 0.298 e. The average Bonchev–Trinajstić information content (AvgIpc) is 2.16. The molecule has 0 radical (unpaired) electrons. The van der Waals surface area contributed by atoms with Crippen LogP contribution in [0.2, 0.25) is 0 Å². The molecule has 0 saturated heterocycles. The van der Waals surface area contributed by atoms with E-state index in [2.05, 4.69) is 5.32 Å². The van der Waals surface area contributed by atoms with Crippen LogP contribution >= 0.6 is 0 Å². The van der Waals surface area contributed by atoms with Gasteiger partial charge in [0, 0.05) is 18.4 Å². The first-order valence-corrected chi connectivity index (χ1v) is 6.01. The molecule has 0 spiro atoms. The standard InChI is InChI=1S/C8H13N3O2S/c9-14(12,13)11-5-3-8-7(6-11)2-1-4-10-8/h3,5,10H,1-2,4,6H2,(H2,9,12,13). The van der Waals surface area contributed by atoms with E-state index in [1.807, 2.05) is 0 Å². The van der Waals surface area contributed by atoms with Crippen molar-refractivity contribution in [2.45, 2.75) is 12.8 Å². The van der Waals surface area contributed by atoms with E-state index in [0.29, 0.717) is 6.54 Å². The molecule has 0 aromatic heterocycles. The van der Waals surface area contributed by atoms with Crippen molar-refractivity contribution < 1.29 is 8.42 Å². The molecule has 0 bridgehead atoms. The molecule has 0 amide bonds. The van der Waals surface area contributed by atoms with E-state index in [-0.39, 0.29) is 0 Å². The Labute approximate surface area is 83.4 Å². The van der Waals surface area contributed by atoms with E-state index in [4.69, 9.17) is 5.14 Å². The number of nitrogens with one attached hydrogen (secondary N) is 1. The SMILES string of the molecule is NS(=O)(=O)N1C=CC2=C(CCCN2)C1. The van der Waals surface area contributed by atoms with Crippen LogP contribution in [0.3, 0.4) is 0 Å². The summed E-state index contributed by atoms with van der Waals surface area (Å²) >= 11 is 0. The molecule has 0 unspecified atom stereocenters. The monoisotopic (exact) mass is 215 g/mol. The highest BCUT2D eigenvalue weighted by Crippen LogP contribution is 2.21. The van der Waals surface area contributed by atoms with Crippen molar-refractivity contribution in [2.75, 3.05) is 13.1 Å². The first kappa shape index (κ1) is 9.54. The van der Waals surface area contributed by atoms with Crippen molar-refractivity contribution in [3.8, 4) is 0 Å². The molecule has 0 atom stereocenters. The third kappa shape index (κ3) is 1.76. The van der Waals surface area contributed by atoms with Crippen LogP contribution in [0, 0.1) is 0 Å². The minimum absolute atomic E-state index is 0.387. The highest BCUT2D eigenvalue weighted by Gasteiger charge is 2.21. The lowest BCUT2D eigenvalue weighted by atomic mass is 10.0. The molecule has 2 rings (SSSR count). The van der Waals surface area contributed by atoms with Crippen LogP contribution in [0.5, 0.6) is 0 Å². The minimum Gasteiger partial charge on any atom is -0.385 e. The average molecular weight is 215 g/mol. The predicted octanol–water partition coefficient (Wildman–Crippen LogP) is -0.343. The van der Waals surface area contributed by atoms with Gasteiger partial charge < -0.3 is 5.32 Å². The van der Waals surface area contributed by atoms with Crippen LogP contribution in [0.25, 0.3) is 0 Å². The minimum atomic E-state index is -3.59. The normalized spacial score (nSPS) is 21.9. The lowest BCUT2D eigenvalue weighted by molar-refractivity contribution is 0.498. The Morgan fingerprint density at radius 1 is 1.50 bits per heavy atom. The van der Waals surface area contributed by atoms with Gasteiger partial charge in [-0.2, -0.15) is 8.42 Å². The highest BCUT2D eigenvalue weighted by atomic mass is 32.2. The van der Waals surface area contributed by atoms with Crippen LogP contribution in [0.4, 0.5) is 0 Å². The number of hydrogen-bond acceptors (Lipinski definition) is 3. The van der Waals surface area contributed by atoms with Gasteiger partial charge in [-0.05, 0) is 24.5 Å². The van der Waals surface area contributed by atoms with Crippen LogP contribution in [0.15, 0.2) is 23.5 Å². The molecule has 0 aromatic rings. The summed E-state index contributed by atoms with van der Waals surface area (Å²) in [7, 11) is -3.59. The quantitative estimate of drug-likeness (QED) is 0.628. The van der Waals surface area contributed by atoms with Gasteiger partial charge in [-0.15, -0.1) is 0 Å². The van der Waals surface area contributed by atoms with Crippen molar-refractivity contribution in [3.05, 3.63) is 23.5 Å². The maximum atomic E-state index is 11.1. The zero-order valence-electron chi connectivity index (χ0n) is 7.73. The van der Waals surface area contributed by atoms with Gasteiger partial charge in [0.2, 0.25) is 0 Å². The molecule has 14 heavy (non-hydrogen) atoms. The number of allylic oxidation sites excluding steroid dienone is 1. The molecule has 0 aromatic carbocycles. The second-order valence-corrected chi connectivity index (χ2v) is 4.95. The van der Waals surface area contributed by atoms with Gasteiger partial charge in [-0.1, -0.05) is 0 Å². The fraction of sp³-hybridized carbons (Fsp3) is 0.500. The molecule has 0 fully saturated rings. The summed E-state index contributed by atoms with van der Waals surface area (Å²) in [5, 5.41) is 8.26. The highest BCUT2D eigenvalue weighted by molar-refractivity contribution is 7.86. The number of nitrogens with zero attached hydrogens (tertiary/aromatic N) is 1. The summed E-state index contributed by atoms with van der Waals surface area (Å²) in [5.74, 6) is 0. The Morgan fingerprint density at radius 2 is 2.29 bits per heavy atom. The molecular weight excluding hydrogens is 202 g/mol. The van der Waals surface area contributed by atoms with Crippen molar-refractivity contribution >= 4 is 10.2 Å². The van der Waals surface area contributed by atoms with Gasteiger partial charge in [-0.25, -0.2) is 5.14 Å². The molecule has 5 nitrogen and oxygen atoms in total. The Bertz CT molecular complexity index is 397. The summed E-state index contributed by atoms with van der Waals surface area (Å²) < 4.78 is 23.3. The number of nitrogens with two attached hydrogens (primary N) is 1. The molecule has 2 aliphatic heterocycles. The van der Waals surface area contributed by atoms with Gasteiger partial charge in [0.15, 0.2) is 0 Å². The molecule has 78 valence electrons. The first-order valence-electron chi connectivity index (χ1n) is 4.51. The molecule has 6 heteroatoms. The fourth-order valence-corrected chi connectivity index (χ4v) is 2.27.